The highest BCUT2D eigenvalue weighted by Crippen LogP contribution is 2.18. The molecular formula is C8H6Cl2O2S. The number of rotatable bonds is 4. The van der Waals surface area contributed by atoms with Gasteiger partial charge in [-0.1, -0.05) is 0 Å². The van der Waals surface area contributed by atoms with Gasteiger partial charge in [0.1, 0.15) is 0 Å². The van der Waals surface area contributed by atoms with Crippen LogP contribution < -0.4 is 0 Å². The van der Waals surface area contributed by atoms with Crippen LogP contribution in [-0.4, -0.2) is 23.3 Å². The third-order valence-corrected chi connectivity index (χ3v) is 3.05. The molecule has 0 radical (unpaired) electrons. The maximum absolute atomic E-state index is 11.1. The van der Waals surface area contributed by atoms with E-state index in [1.807, 2.05) is 0 Å². The summed E-state index contributed by atoms with van der Waals surface area (Å²) in [5.74, 6) is -0.454. The minimum absolute atomic E-state index is 0.0605. The number of alkyl halides is 2. The summed E-state index contributed by atoms with van der Waals surface area (Å²) in [5, 5.41) is 0. The first kappa shape index (κ1) is 10.7. The first-order valence-corrected chi connectivity index (χ1v) is 5.35. The average molecular weight is 237 g/mol. The summed E-state index contributed by atoms with van der Waals surface area (Å²) < 4.78 is 0. The van der Waals surface area contributed by atoms with E-state index >= 15 is 0 Å². The fourth-order valence-electron chi connectivity index (χ4n) is 0.769. The van der Waals surface area contributed by atoms with E-state index in [4.69, 9.17) is 23.2 Å². The van der Waals surface area contributed by atoms with Crippen LogP contribution >= 0.6 is 34.5 Å². The van der Waals surface area contributed by atoms with Gasteiger partial charge in [0, 0.05) is 0 Å². The highest BCUT2D eigenvalue weighted by molar-refractivity contribution is 7.16. The van der Waals surface area contributed by atoms with E-state index in [2.05, 4.69) is 0 Å². The van der Waals surface area contributed by atoms with Crippen LogP contribution in [0.5, 0.6) is 0 Å². The molecule has 0 aliphatic heterocycles. The van der Waals surface area contributed by atoms with Crippen molar-refractivity contribution in [2.45, 2.75) is 0 Å². The molecule has 13 heavy (non-hydrogen) atoms. The molecule has 1 rings (SSSR count). The quantitative estimate of drug-likeness (QED) is 0.595. The molecule has 0 bridgehead atoms. The number of carbonyl (C=O) groups is 2. The number of thiophene rings is 1. The highest BCUT2D eigenvalue weighted by atomic mass is 35.5. The minimum atomic E-state index is -0.166. The second-order valence-corrected chi connectivity index (χ2v) is 3.90. The van der Waals surface area contributed by atoms with Crippen LogP contribution in [0.4, 0.5) is 0 Å². The summed E-state index contributed by atoms with van der Waals surface area (Å²) in [6.45, 7) is 0. The molecule has 5 heteroatoms. The lowest BCUT2D eigenvalue weighted by Gasteiger charge is -1.89. The van der Waals surface area contributed by atoms with Crippen molar-refractivity contribution < 1.29 is 9.59 Å². The number of Topliss-reactive ketones (excluding diaryl/α,β-unsaturated/α-hetero) is 2. The molecule has 0 atom stereocenters. The van der Waals surface area contributed by atoms with Gasteiger partial charge < -0.3 is 0 Å². The van der Waals surface area contributed by atoms with E-state index in [-0.39, 0.29) is 23.3 Å². The Kier molecular flexibility index (Phi) is 3.90. The molecular weight excluding hydrogens is 231 g/mol. The van der Waals surface area contributed by atoms with Gasteiger partial charge in [0.2, 0.25) is 0 Å². The van der Waals surface area contributed by atoms with Crippen molar-refractivity contribution in [3.05, 3.63) is 21.9 Å². The molecule has 0 spiro atoms. The van der Waals surface area contributed by atoms with Crippen molar-refractivity contribution >= 4 is 46.1 Å². The predicted octanol–water partition coefficient (Wildman–Crippen LogP) is 2.59. The van der Waals surface area contributed by atoms with E-state index < -0.39 is 0 Å². The number of hydrogen-bond donors (Lipinski definition) is 0. The molecule has 1 aromatic heterocycles. The molecule has 0 amide bonds. The lowest BCUT2D eigenvalue weighted by atomic mass is 10.3. The number of halogens is 2. The SMILES string of the molecule is O=C(CCl)c1ccc(C(=O)CCl)s1. The molecule has 0 aromatic carbocycles. The third-order valence-electron chi connectivity index (χ3n) is 1.40. The second kappa shape index (κ2) is 4.74. The van der Waals surface area contributed by atoms with Gasteiger partial charge in [0.25, 0.3) is 0 Å². The van der Waals surface area contributed by atoms with Crippen LogP contribution in [0.15, 0.2) is 12.1 Å². The summed E-state index contributed by atoms with van der Waals surface area (Å²) in [4.78, 5) is 23.2. The van der Waals surface area contributed by atoms with Crippen molar-refractivity contribution in [2.24, 2.45) is 0 Å². The monoisotopic (exact) mass is 236 g/mol. The first-order valence-electron chi connectivity index (χ1n) is 3.47. The summed E-state index contributed by atoms with van der Waals surface area (Å²) >= 11 is 11.8. The van der Waals surface area contributed by atoms with Crippen LogP contribution in [0, 0.1) is 0 Å². The molecule has 0 aliphatic rings. The van der Waals surface area contributed by atoms with Gasteiger partial charge in [-0.15, -0.1) is 34.5 Å². The lowest BCUT2D eigenvalue weighted by molar-refractivity contribution is 0.101. The van der Waals surface area contributed by atoms with E-state index in [1.54, 1.807) is 12.1 Å². The van der Waals surface area contributed by atoms with E-state index in [0.29, 0.717) is 9.75 Å². The maximum atomic E-state index is 11.1. The summed E-state index contributed by atoms with van der Waals surface area (Å²) in [7, 11) is 0. The van der Waals surface area contributed by atoms with Gasteiger partial charge >= 0.3 is 0 Å². The molecule has 0 saturated carbocycles. The van der Waals surface area contributed by atoms with Crippen LogP contribution in [-0.2, 0) is 0 Å². The zero-order chi connectivity index (χ0) is 9.84. The number of ketones is 2. The molecule has 1 aromatic rings. The first-order chi connectivity index (χ1) is 6.19. The minimum Gasteiger partial charge on any atom is -0.292 e. The number of hydrogen-bond acceptors (Lipinski definition) is 3. The van der Waals surface area contributed by atoms with Gasteiger partial charge in [-0.3, -0.25) is 9.59 Å². The fourth-order valence-corrected chi connectivity index (χ4v) is 2.10. The summed E-state index contributed by atoms with van der Waals surface area (Å²) in [6, 6.07) is 3.18. The molecule has 1 heterocycles. The van der Waals surface area contributed by atoms with E-state index in [1.165, 1.54) is 0 Å². The highest BCUT2D eigenvalue weighted by Gasteiger charge is 2.11. The largest absolute Gasteiger partial charge is 0.292 e. The Morgan fingerprint density at radius 3 is 1.77 bits per heavy atom. The van der Waals surface area contributed by atoms with Gasteiger partial charge in [-0.25, -0.2) is 0 Å². The Morgan fingerprint density at radius 1 is 1.08 bits per heavy atom. The predicted molar refractivity (Wildman–Crippen MR) is 54.4 cm³/mol. The standard InChI is InChI=1S/C8H6Cl2O2S/c9-3-5(11)7-1-2-8(13-7)6(12)4-10/h1-2H,3-4H2. The van der Waals surface area contributed by atoms with Gasteiger partial charge in [0.15, 0.2) is 11.6 Å². The van der Waals surface area contributed by atoms with Crippen molar-refractivity contribution in [3.8, 4) is 0 Å². The Hall–Kier alpha value is -0.380. The van der Waals surface area contributed by atoms with Crippen molar-refractivity contribution in [1.29, 1.82) is 0 Å². The lowest BCUT2D eigenvalue weighted by Crippen LogP contribution is -1.97. The topological polar surface area (TPSA) is 34.1 Å². The fraction of sp³-hybridized carbons (Fsp3) is 0.250. The zero-order valence-corrected chi connectivity index (χ0v) is 8.88. The second-order valence-electron chi connectivity index (χ2n) is 2.28. The molecule has 2 nitrogen and oxygen atoms in total. The van der Waals surface area contributed by atoms with Gasteiger partial charge in [0.05, 0.1) is 21.5 Å². The Bertz CT molecular complexity index is 302. The van der Waals surface area contributed by atoms with Gasteiger partial charge in [-0.05, 0) is 12.1 Å². The van der Waals surface area contributed by atoms with Crippen LogP contribution in [0.2, 0.25) is 0 Å². The normalized spacial score (nSPS) is 10.0. The smallest absolute Gasteiger partial charge is 0.187 e. The van der Waals surface area contributed by atoms with Crippen molar-refractivity contribution in [1.82, 2.24) is 0 Å². The summed E-state index contributed by atoms with van der Waals surface area (Å²) in [6.07, 6.45) is 0. The van der Waals surface area contributed by atoms with Crippen LogP contribution in [0.1, 0.15) is 19.3 Å². The van der Waals surface area contributed by atoms with Crippen LogP contribution in [0.25, 0.3) is 0 Å². The summed E-state index contributed by atoms with van der Waals surface area (Å²) in [5.41, 5.74) is 0. The molecule has 70 valence electrons. The van der Waals surface area contributed by atoms with E-state index in [9.17, 15) is 9.59 Å². The van der Waals surface area contributed by atoms with Crippen molar-refractivity contribution in [2.75, 3.05) is 11.8 Å². The third kappa shape index (κ3) is 2.53. The van der Waals surface area contributed by atoms with Crippen molar-refractivity contribution in [3.63, 3.8) is 0 Å². The zero-order valence-electron chi connectivity index (χ0n) is 6.55. The molecule has 0 N–H and O–H groups in total. The van der Waals surface area contributed by atoms with Gasteiger partial charge in [-0.2, -0.15) is 0 Å². The molecule has 0 saturated heterocycles. The molecule has 0 aliphatic carbocycles. The Labute approximate surface area is 89.5 Å². The molecule has 0 unspecified atom stereocenters. The maximum Gasteiger partial charge on any atom is 0.187 e. The van der Waals surface area contributed by atoms with Crippen LogP contribution in [0.3, 0.4) is 0 Å². The Morgan fingerprint density at radius 2 is 1.46 bits per heavy atom. The Balaban J connectivity index is 2.86. The average Bonchev–Trinajstić information content (AvgIpc) is 2.64. The van der Waals surface area contributed by atoms with E-state index in [0.717, 1.165) is 11.3 Å². The number of carbonyl (C=O) groups excluding carboxylic acids is 2. The molecule has 0 fully saturated rings.